The molecular formula is C24H26N2O5S. The molecule has 168 valence electrons. The number of para-hydroxylation sites is 1. The van der Waals surface area contributed by atoms with Gasteiger partial charge in [0.1, 0.15) is 6.04 Å². The Balaban J connectivity index is 1.90. The van der Waals surface area contributed by atoms with Crippen molar-refractivity contribution < 1.29 is 22.7 Å². The lowest BCUT2D eigenvalue weighted by Gasteiger charge is -2.20. The molecule has 0 bridgehead atoms. The van der Waals surface area contributed by atoms with E-state index in [9.17, 15) is 13.2 Å². The molecule has 1 amide bonds. The van der Waals surface area contributed by atoms with Crippen molar-refractivity contribution >= 4 is 21.6 Å². The molecule has 0 fully saturated rings. The van der Waals surface area contributed by atoms with E-state index in [0.29, 0.717) is 11.4 Å². The second-order valence-electron chi connectivity index (χ2n) is 7.18. The highest BCUT2D eigenvalue weighted by Gasteiger charge is 2.27. The Hall–Kier alpha value is -3.36. The molecule has 2 N–H and O–H groups in total. The molecule has 3 rings (SSSR count). The third-order valence-electron chi connectivity index (χ3n) is 4.96. The minimum atomic E-state index is -4.03. The molecule has 0 aliphatic rings. The van der Waals surface area contributed by atoms with Crippen LogP contribution in [0.2, 0.25) is 0 Å². The van der Waals surface area contributed by atoms with E-state index in [1.165, 1.54) is 32.4 Å². The predicted octanol–water partition coefficient (Wildman–Crippen LogP) is 3.54. The van der Waals surface area contributed by atoms with Crippen LogP contribution < -0.4 is 19.5 Å². The number of rotatable bonds is 9. The second-order valence-corrected chi connectivity index (χ2v) is 8.90. The normalized spacial score (nSPS) is 12.1. The topological polar surface area (TPSA) is 93.7 Å². The molecule has 1 unspecified atom stereocenters. The van der Waals surface area contributed by atoms with Crippen LogP contribution in [0.5, 0.6) is 11.5 Å². The van der Waals surface area contributed by atoms with Crippen molar-refractivity contribution in [3.63, 3.8) is 0 Å². The van der Waals surface area contributed by atoms with Gasteiger partial charge in [0.05, 0.1) is 19.1 Å². The predicted molar refractivity (Wildman–Crippen MR) is 124 cm³/mol. The Morgan fingerprint density at radius 3 is 2.22 bits per heavy atom. The van der Waals surface area contributed by atoms with Gasteiger partial charge in [0.25, 0.3) is 0 Å². The molecule has 3 aromatic carbocycles. The van der Waals surface area contributed by atoms with Gasteiger partial charge in [0.2, 0.25) is 15.9 Å². The summed E-state index contributed by atoms with van der Waals surface area (Å²) in [6.07, 6.45) is 0.186. The van der Waals surface area contributed by atoms with Gasteiger partial charge >= 0.3 is 0 Å². The van der Waals surface area contributed by atoms with E-state index in [2.05, 4.69) is 10.0 Å². The maximum atomic E-state index is 13.1. The number of benzene rings is 3. The van der Waals surface area contributed by atoms with Gasteiger partial charge in [-0.05, 0) is 42.7 Å². The maximum absolute atomic E-state index is 13.1. The lowest BCUT2D eigenvalue weighted by Crippen LogP contribution is -2.45. The van der Waals surface area contributed by atoms with E-state index in [1.54, 1.807) is 6.07 Å². The smallest absolute Gasteiger partial charge is 0.242 e. The molecule has 0 aliphatic heterocycles. The largest absolute Gasteiger partial charge is 0.493 e. The third-order valence-corrected chi connectivity index (χ3v) is 6.43. The average Bonchev–Trinajstić information content (AvgIpc) is 2.80. The fourth-order valence-corrected chi connectivity index (χ4v) is 4.42. The number of amides is 1. The van der Waals surface area contributed by atoms with Gasteiger partial charge in [-0.2, -0.15) is 4.72 Å². The van der Waals surface area contributed by atoms with E-state index in [1.807, 2.05) is 55.5 Å². The minimum absolute atomic E-state index is 0.0306. The third kappa shape index (κ3) is 5.66. The highest BCUT2D eigenvalue weighted by molar-refractivity contribution is 7.89. The molecule has 8 heteroatoms. The maximum Gasteiger partial charge on any atom is 0.242 e. The van der Waals surface area contributed by atoms with E-state index in [4.69, 9.17) is 9.47 Å². The monoisotopic (exact) mass is 454 g/mol. The number of methoxy groups -OCH3 is 2. The standard InChI is InChI=1S/C24H26N2O5S/c1-17-9-7-8-12-20(17)25-24(27)21(15-18-10-5-4-6-11-18)26-32(28,29)19-13-14-22(30-2)23(16-19)31-3/h4-14,16,21,26H,15H2,1-3H3,(H,25,27). The van der Waals surface area contributed by atoms with Gasteiger partial charge in [0, 0.05) is 11.8 Å². The van der Waals surface area contributed by atoms with E-state index in [0.717, 1.165) is 11.1 Å². The zero-order chi connectivity index (χ0) is 23.1. The first kappa shape index (κ1) is 23.3. The van der Waals surface area contributed by atoms with Crippen LogP contribution in [0, 0.1) is 6.92 Å². The Morgan fingerprint density at radius 1 is 0.906 bits per heavy atom. The van der Waals surface area contributed by atoms with Gasteiger partial charge in [-0.15, -0.1) is 0 Å². The zero-order valence-electron chi connectivity index (χ0n) is 18.2. The number of nitrogens with one attached hydrogen (secondary N) is 2. The average molecular weight is 455 g/mol. The fraction of sp³-hybridized carbons (Fsp3) is 0.208. The number of aryl methyl sites for hydroxylation is 1. The molecule has 0 saturated carbocycles. The molecular weight excluding hydrogens is 428 g/mol. The van der Waals surface area contributed by atoms with E-state index in [-0.39, 0.29) is 17.1 Å². The van der Waals surface area contributed by atoms with Crippen LogP contribution in [0.25, 0.3) is 0 Å². The van der Waals surface area contributed by atoms with Crippen LogP contribution in [0.1, 0.15) is 11.1 Å². The summed E-state index contributed by atoms with van der Waals surface area (Å²) in [5, 5.41) is 2.83. The Kier molecular flexibility index (Phi) is 7.50. The molecule has 1 atom stereocenters. The molecule has 0 spiro atoms. The number of hydrogen-bond acceptors (Lipinski definition) is 5. The Morgan fingerprint density at radius 2 is 1.56 bits per heavy atom. The van der Waals surface area contributed by atoms with Crippen molar-refractivity contribution in [3.05, 3.63) is 83.9 Å². The summed E-state index contributed by atoms with van der Waals surface area (Å²) in [5.41, 5.74) is 2.33. The summed E-state index contributed by atoms with van der Waals surface area (Å²) in [6.45, 7) is 1.87. The fourth-order valence-electron chi connectivity index (χ4n) is 3.21. The first-order valence-corrected chi connectivity index (χ1v) is 11.5. The highest BCUT2D eigenvalue weighted by Crippen LogP contribution is 2.29. The summed E-state index contributed by atoms with van der Waals surface area (Å²) in [5.74, 6) is 0.233. The van der Waals surface area contributed by atoms with Crippen LogP contribution in [-0.2, 0) is 21.2 Å². The number of carbonyl (C=O) groups is 1. The lowest BCUT2D eigenvalue weighted by molar-refractivity contribution is -0.117. The first-order chi connectivity index (χ1) is 15.3. The van der Waals surface area contributed by atoms with Crippen molar-refractivity contribution in [2.45, 2.75) is 24.3 Å². The molecule has 0 aromatic heterocycles. The molecule has 32 heavy (non-hydrogen) atoms. The van der Waals surface area contributed by atoms with Crippen molar-refractivity contribution in [2.24, 2.45) is 0 Å². The van der Waals surface area contributed by atoms with Crippen molar-refractivity contribution in [3.8, 4) is 11.5 Å². The van der Waals surface area contributed by atoms with Gasteiger partial charge in [0.15, 0.2) is 11.5 Å². The SMILES string of the molecule is COc1ccc(S(=O)(=O)NC(Cc2ccccc2)C(=O)Nc2ccccc2C)cc1OC. The quantitative estimate of drug-likeness (QED) is 0.516. The lowest BCUT2D eigenvalue weighted by atomic mass is 10.1. The van der Waals surface area contributed by atoms with E-state index >= 15 is 0 Å². The number of sulfonamides is 1. The second kappa shape index (κ2) is 10.3. The van der Waals surface area contributed by atoms with Gasteiger partial charge in [-0.25, -0.2) is 8.42 Å². The van der Waals surface area contributed by atoms with Gasteiger partial charge < -0.3 is 14.8 Å². The minimum Gasteiger partial charge on any atom is -0.493 e. The summed E-state index contributed by atoms with van der Waals surface area (Å²) in [7, 11) is -1.14. The summed E-state index contributed by atoms with van der Waals surface area (Å²) in [6, 6.07) is 19.8. The molecule has 0 heterocycles. The first-order valence-electron chi connectivity index (χ1n) is 9.99. The molecule has 0 saturated heterocycles. The molecule has 0 aliphatic carbocycles. The zero-order valence-corrected chi connectivity index (χ0v) is 19.0. The Bertz CT molecular complexity index is 1180. The summed E-state index contributed by atoms with van der Waals surface area (Å²) < 4.78 is 39.2. The molecule has 3 aromatic rings. The van der Waals surface area contributed by atoms with Crippen molar-refractivity contribution in [2.75, 3.05) is 19.5 Å². The highest BCUT2D eigenvalue weighted by atomic mass is 32.2. The number of ether oxygens (including phenoxy) is 2. The van der Waals surface area contributed by atoms with Crippen molar-refractivity contribution in [1.82, 2.24) is 4.72 Å². The van der Waals surface area contributed by atoms with Crippen LogP contribution in [0.15, 0.2) is 77.7 Å². The summed E-state index contributed by atoms with van der Waals surface area (Å²) in [4.78, 5) is 13.1. The number of carbonyl (C=O) groups excluding carboxylic acids is 1. The molecule has 7 nitrogen and oxygen atoms in total. The molecule has 0 radical (unpaired) electrons. The van der Waals surface area contributed by atoms with Gasteiger partial charge in [-0.1, -0.05) is 48.5 Å². The van der Waals surface area contributed by atoms with Crippen LogP contribution in [0.3, 0.4) is 0 Å². The van der Waals surface area contributed by atoms with Crippen LogP contribution in [-0.4, -0.2) is 34.6 Å². The number of anilines is 1. The Labute approximate surface area is 188 Å². The van der Waals surface area contributed by atoms with Crippen LogP contribution >= 0.6 is 0 Å². The van der Waals surface area contributed by atoms with E-state index < -0.39 is 22.0 Å². The van der Waals surface area contributed by atoms with Crippen LogP contribution in [0.4, 0.5) is 5.69 Å². The van der Waals surface area contributed by atoms with Crippen molar-refractivity contribution in [1.29, 1.82) is 0 Å². The number of hydrogen-bond donors (Lipinski definition) is 2. The van der Waals surface area contributed by atoms with Gasteiger partial charge in [-0.3, -0.25) is 4.79 Å². The summed E-state index contributed by atoms with van der Waals surface area (Å²) >= 11 is 0.